The minimum absolute atomic E-state index is 0.00434. The van der Waals surface area contributed by atoms with E-state index in [4.69, 9.17) is 0 Å². The molecule has 0 saturated carbocycles. The van der Waals surface area contributed by atoms with Crippen LogP contribution in [0.25, 0.3) is 0 Å². The topological polar surface area (TPSA) is 83.7 Å². The first-order chi connectivity index (χ1) is 11.6. The predicted molar refractivity (Wildman–Crippen MR) is 88.7 cm³/mol. The van der Waals surface area contributed by atoms with Crippen molar-refractivity contribution in [2.45, 2.75) is 12.5 Å². The summed E-state index contributed by atoms with van der Waals surface area (Å²) < 4.78 is 0. The van der Waals surface area contributed by atoms with E-state index in [1.165, 1.54) is 6.07 Å². The summed E-state index contributed by atoms with van der Waals surface area (Å²) in [6.45, 7) is 1.53. The number of rotatable bonds is 5. The molecule has 0 aromatic heterocycles. The number of hydrogen-bond acceptors (Lipinski definition) is 4. The van der Waals surface area contributed by atoms with Crippen LogP contribution in [0.5, 0.6) is 0 Å². The van der Waals surface area contributed by atoms with Crippen molar-refractivity contribution in [3.63, 3.8) is 0 Å². The highest BCUT2D eigenvalue weighted by atomic mass is 16.6. The van der Waals surface area contributed by atoms with E-state index in [9.17, 15) is 20.0 Å². The number of hydrogen-bond donors (Lipinski definition) is 1. The molecule has 3 rings (SSSR count). The summed E-state index contributed by atoms with van der Waals surface area (Å²) in [4.78, 5) is 24.6. The summed E-state index contributed by atoms with van der Waals surface area (Å²) in [7, 11) is 0. The van der Waals surface area contributed by atoms with Gasteiger partial charge in [-0.1, -0.05) is 48.5 Å². The number of nitro benzene ring substituents is 1. The van der Waals surface area contributed by atoms with Gasteiger partial charge in [0.1, 0.15) is 0 Å². The van der Waals surface area contributed by atoms with E-state index < -0.39 is 16.8 Å². The summed E-state index contributed by atoms with van der Waals surface area (Å²) >= 11 is 0. The predicted octanol–water partition coefficient (Wildman–Crippen LogP) is 2.90. The van der Waals surface area contributed by atoms with Crippen molar-refractivity contribution in [2.24, 2.45) is 5.92 Å². The Morgan fingerprint density at radius 3 is 2.46 bits per heavy atom. The van der Waals surface area contributed by atoms with Crippen LogP contribution < -0.4 is 0 Å². The Hall–Kier alpha value is -2.73. The molecule has 0 aliphatic carbocycles. The molecule has 124 valence electrons. The van der Waals surface area contributed by atoms with E-state index in [0.717, 1.165) is 5.56 Å². The van der Waals surface area contributed by atoms with Crippen molar-refractivity contribution in [3.05, 3.63) is 75.8 Å². The molecule has 1 N–H and O–H groups in total. The number of para-hydroxylation sites is 1. The first-order valence-corrected chi connectivity index (χ1v) is 7.78. The Balaban J connectivity index is 1.87. The molecule has 6 nitrogen and oxygen atoms in total. The van der Waals surface area contributed by atoms with E-state index in [0.29, 0.717) is 25.2 Å². The van der Waals surface area contributed by atoms with Gasteiger partial charge in [-0.05, 0) is 5.56 Å². The molecule has 24 heavy (non-hydrogen) atoms. The van der Waals surface area contributed by atoms with E-state index in [-0.39, 0.29) is 11.6 Å². The minimum atomic E-state index is -0.909. The molecule has 6 heteroatoms. The highest BCUT2D eigenvalue weighted by Gasteiger charge is 2.41. The van der Waals surface area contributed by atoms with Crippen LogP contribution in [-0.4, -0.2) is 34.0 Å². The molecule has 0 bridgehead atoms. The molecule has 2 aromatic carbocycles. The van der Waals surface area contributed by atoms with Gasteiger partial charge in [0, 0.05) is 37.2 Å². The number of carboxylic acids is 1. The number of likely N-dealkylation sites (tertiary alicyclic amines) is 1. The zero-order chi connectivity index (χ0) is 17.1. The fourth-order valence-electron chi connectivity index (χ4n) is 3.39. The zero-order valence-electron chi connectivity index (χ0n) is 13.0. The quantitative estimate of drug-likeness (QED) is 0.674. The van der Waals surface area contributed by atoms with Crippen LogP contribution in [-0.2, 0) is 11.3 Å². The largest absolute Gasteiger partial charge is 0.481 e. The normalized spacial score (nSPS) is 20.8. The molecule has 0 radical (unpaired) electrons. The molecule has 0 spiro atoms. The smallest absolute Gasteiger partial charge is 0.308 e. The fraction of sp³-hybridized carbons (Fsp3) is 0.278. The summed E-state index contributed by atoms with van der Waals surface area (Å²) in [5, 5.41) is 20.8. The molecule has 0 amide bonds. The van der Waals surface area contributed by atoms with Crippen LogP contribution >= 0.6 is 0 Å². The first-order valence-electron chi connectivity index (χ1n) is 7.78. The number of nitro groups is 1. The summed E-state index contributed by atoms with van der Waals surface area (Å²) in [6, 6.07) is 16.2. The Morgan fingerprint density at radius 2 is 1.79 bits per heavy atom. The Kier molecular flexibility index (Phi) is 4.57. The monoisotopic (exact) mass is 326 g/mol. The summed E-state index contributed by atoms with van der Waals surface area (Å²) in [5.41, 5.74) is 1.60. The lowest BCUT2D eigenvalue weighted by Gasteiger charge is -2.16. The van der Waals surface area contributed by atoms with Gasteiger partial charge in [-0.3, -0.25) is 19.8 Å². The maximum Gasteiger partial charge on any atom is 0.308 e. The van der Waals surface area contributed by atoms with Gasteiger partial charge in [-0.15, -0.1) is 0 Å². The van der Waals surface area contributed by atoms with Gasteiger partial charge in [-0.25, -0.2) is 0 Å². The lowest BCUT2D eigenvalue weighted by atomic mass is 9.88. The minimum Gasteiger partial charge on any atom is -0.481 e. The molecule has 1 heterocycles. The molecular weight excluding hydrogens is 308 g/mol. The molecular formula is C18H18N2O4. The van der Waals surface area contributed by atoms with Crippen LogP contribution in [0.3, 0.4) is 0 Å². The van der Waals surface area contributed by atoms with Gasteiger partial charge in [0.25, 0.3) is 5.69 Å². The van der Waals surface area contributed by atoms with E-state index in [1.807, 2.05) is 30.3 Å². The fourth-order valence-corrected chi connectivity index (χ4v) is 3.39. The van der Waals surface area contributed by atoms with Crippen LogP contribution in [0.1, 0.15) is 17.0 Å². The highest BCUT2D eigenvalue weighted by Crippen LogP contribution is 2.37. The Labute approximate surface area is 139 Å². The van der Waals surface area contributed by atoms with Crippen LogP contribution in [0, 0.1) is 16.0 Å². The average molecular weight is 326 g/mol. The van der Waals surface area contributed by atoms with E-state index in [2.05, 4.69) is 4.90 Å². The molecule has 1 aliphatic heterocycles. The van der Waals surface area contributed by atoms with E-state index in [1.54, 1.807) is 18.2 Å². The van der Waals surface area contributed by atoms with E-state index >= 15 is 0 Å². The van der Waals surface area contributed by atoms with Crippen molar-refractivity contribution in [1.82, 2.24) is 4.90 Å². The van der Waals surface area contributed by atoms with Gasteiger partial charge < -0.3 is 5.11 Å². The van der Waals surface area contributed by atoms with Gasteiger partial charge in [-0.2, -0.15) is 0 Å². The molecule has 2 atom stereocenters. The maximum absolute atomic E-state index is 11.7. The second kappa shape index (κ2) is 6.80. The average Bonchev–Trinajstić information content (AvgIpc) is 2.99. The maximum atomic E-state index is 11.7. The zero-order valence-corrected chi connectivity index (χ0v) is 13.0. The van der Waals surface area contributed by atoms with Crippen molar-refractivity contribution in [1.29, 1.82) is 0 Å². The lowest BCUT2D eigenvalue weighted by molar-refractivity contribution is -0.385. The van der Waals surface area contributed by atoms with Crippen LogP contribution in [0.15, 0.2) is 54.6 Å². The number of benzene rings is 2. The third-order valence-electron chi connectivity index (χ3n) is 4.49. The summed E-state index contributed by atoms with van der Waals surface area (Å²) in [6.07, 6.45) is 0. The number of aliphatic carboxylic acids is 1. The van der Waals surface area contributed by atoms with Crippen LogP contribution in [0.4, 0.5) is 5.69 Å². The lowest BCUT2D eigenvalue weighted by Crippen LogP contribution is -2.23. The van der Waals surface area contributed by atoms with Gasteiger partial charge >= 0.3 is 5.97 Å². The van der Waals surface area contributed by atoms with Gasteiger partial charge in [0.15, 0.2) is 0 Å². The Morgan fingerprint density at radius 1 is 1.12 bits per heavy atom. The Bertz CT molecular complexity index is 748. The third-order valence-corrected chi connectivity index (χ3v) is 4.49. The van der Waals surface area contributed by atoms with Crippen molar-refractivity contribution in [2.75, 3.05) is 13.1 Å². The second-order valence-corrected chi connectivity index (χ2v) is 6.05. The van der Waals surface area contributed by atoms with Gasteiger partial charge in [0.2, 0.25) is 0 Å². The summed E-state index contributed by atoms with van der Waals surface area (Å²) in [5.74, 6) is -1.93. The van der Waals surface area contributed by atoms with Crippen molar-refractivity contribution < 1.29 is 14.8 Å². The molecule has 0 unspecified atom stereocenters. The first kappa shape index (κ1) is 16.1. The van der Waals surface area contributed by atoms with Crippen molar-refractivity contribution >= 4 is 11.7 Å². The highest BCUT2D eigenvalue weighted by molar-refractivity contribution is 5.73. The number of nitrogens with zero attached hydrogens (tertiary/aromatic N) is 2. The molecule has 1 aliphatic rings. The molecule has 1 saturated heterocycles. The number of carboxylic acid groups (broad SMARTS) is 1. The second-order valence-electron chi connectivity index (χ2n) is 6.05. The third kappa shape index (κ3) is 3.28. The van der Waals surface area contributed by atoms with Gasteiger partial charge in [0.05, 0.1) is 10.8 Å². The van der Waals surface area contributed by atoms with Crippen molar-refractivity contribution in [3.8, 4) is 0 Å². The standard InChI is InChI=1S/C18H18N2O4/c21-18(22)16-12-19(10-13-6-2-1-3-7-13)11-15(16)14-8-4-5-9-17(14)20(23)24/h1-9,15-16H,10-12H2,(H,21,22)/t15-,16+/m0/s1. The van der Waals surface area contributed by atoms with Crippen LogP contribution in [0.2, 0.25) is 0 Å². The molecule has 2 aromatic rings. The SMILES string of the molecule is O=C(O)[C@@H]1CN(Cc2ccccc2)C[C@H]1c1ccccc1[N+](=O)[O-]. The molecule has 1 fully saturated rings. The number of carbonyl (C=O) groups is 1.